The molecule has 3 N–H and O–H groups in total. The highest BCUT2D eigenvalue weighted by atomic mass is 19.3. The van der Waals surface area contributed by atoms with Crippen LogP contribution in [0.3, 0.4) is 0 Å². The van der Waals surface area contributed by atoms with E-state index in [-0.39, 0.29) is 43.1 Å². The largest absolute Gasteiger partial charge is 0.459 e. The van der Waals surface area contributed by atoms with Crippen molar-refractivity contribution < 1.29 is 27.2 Å². The molecule has 1 aliphatic carbocycles. The number of nitrogens with zero attached hydrogens (tertiary/aromatic N) is 2. The number of nitrogen functional groups attached to an aromatic ring is 1. The molecule has 5 aromatic rings. The number of nitrogens with two attached hydrogens (primary N) is 1. The molecule has 7 rings (SSSR count). The third-order valence-corrected chi connectivity index (χ3v) is 8.55. The van der Waals surface area contributed by atoms with Crippen molar-refractivity contribution in [2.75, 3.05) is 18.8 Å². The SMILES string of the molecule is Nc1ccc([C@H]2C[C@@H]2C(=O)NCc2cc3cc(-c4ccc(C(=O)N5CCC(F)(F)C5)cc4)cc(-c4ccc(F)cc4)c3o2)cn1. The minimum Gasteiger partial charge on any atom is -0.459 e. The van der Waals surface area contributed by atoms with E-state index in [1.165, 1.54) is 17.0 Å². The van der Waals surface area contributed by atoms with Crippen molar-refractivity contribution in [3.63, 3.8) is 0 Å². The van der Waals surface area contributed by atoms with Crippen LogP contribution in [-0.4, -0.2) is 40.7 Å². The quantitative estimate of drug-likeness (QED) is 0.212. The second-order valence-electron chi connectivity index (χ2n) is 11.8. The van der Waals surface area contributed by atoms with E-state index >= 15 is 0 Å². The molecule has 3 aromatic carbocycles. The summed E-state index contributed by atoms with van der Waals surface area (Å²) in [4.78, 5) is 31.0. The molecule has 0 unspecified atom stereocenters. The number of likely N-dealkylation sites (tertiary alicyclic amines) is 1. The number of halogens is 3. The molecule has 2 fully saturated rings. The van der Waals surface area contributed by atoms with Gasteiger partial charge in [-0.3, -0.25) is 9.59 Å². The fourth-order valence-corrected chi connectivity index (χ4v) is 6.00. The number of hydrogen-bond donors (Lipinski definition) is 2. The Kier molecular flexibility index (Phi) is 7.07. The van der Waals surface area contributed by atoms with E-state index in [2.05, 4.69) is 10.3 Å². The number of pyridine rings is 1. The van der Waals surface area contributed by atoms with Gasteiger partial charge in [-0.2, -0.15) is 0 Å². The Morgan fingerprint density at radius 3 is 2.42 bits per heavy atom. The van der Waals surface area contributed by atoms with Gasteiger partial charge in [0.2, 0.25) is 5.91 Å². The first kappa shape index (κ1) is 28.6. The number of amides is 2. The van der Waals surface area contributed by atoms with Crippen LogP contribution in [0.2, 0.25) is 0 Å². The van der Waals surface area contributed by atoms with Crippen molar-refractivity contribution in [1.82, 2.24) is 15.2 Å². The normalized spacial score (nSPS) is 18.7. The average Bonchev–Trinajstić information content (AvgIpc) is 3.60. The Morgan fingerprint density at radius 1 is 0.978 bits per heavy atom. The lowest BCUT2D eigenvalue weighted by atomic mass is 9.96. The van der Waals surface area contributed by atoms with E-state index in [9.17, 15) is 22.8 Å². The van der Waals surface area contributed by atoms with Crippen LogP contribution in [0.25, 0.3) is 33.2 Å². The minimum atomic E-state index is -2.86. The minimum absolute atomic E-state index is 0.0237. The van der Waals surface area contributed by atoms with Crippen LogP contribution in [0.5, 0.6) is 0 Å². The van der Waals surface area contributed by atoms with Crippen LogP contribution in [0.1, 0.15) is 40.4 Å². The van der Waals surface area contributed by atoms with E-state index in [4.69, 9.17) is 10.2 Å². The second kappa shape index (κ2) is 11.1. The van der Waals surface area contributed by atoms with Gasteiger partial charge in [0.15, 0.2) is 0 Å². The van der Waals surface area contributed by atoms with Gasteiger partial charge in [0.25, 0.3) is 11.8 Å². The zero-order valence-corrected chi connectivity index (χ0v) is 24.1. The molecule has 2 aliphatic rings. The molecule has 1 aliphatic heterocycles. The van der Waals surface area contributed by atoms with Gasteiger partial charge in [-0.1, -0.05) is 30.3 Å². The van der Waals surface area contributed by atoms with Crippen molar-refractivity contribution in [1.29, 1.82) is 0 Å². The fourth-order valence-electron chi connectivity index (χ4n) is 6.00. The number of carbonyl (C=O) groups is 2. The lowest BCUT2D eigenvalue weighted by Crippen LogP contribution is -2.31. The standard InChI is InChI=1S/C35H29F3N4O3/c36-26-8-5-21(6-9-26)29-15-24(20-1-3-22(4-2-20)34(44)42-12-11-35(37,38)19-42)13-25-14-27(45-32(25)29)18-41-33(43)30-16-28(30)23-7-10-31(39)40-17-23/h1-10,13-15,17,28,30H,11-12,16,18-19H2,(H2,39,40)(H,41,43)/t28-,30+/m1/s1. The highest BCUT2D eigenvalue weighted by molar-refractivity contribution is 5.98. The number of furan rings is 1. The van der Waals surface area contributed by atoms with E-state index in [1.807, 2.05) is 24.3 Å². The molecule has 1 saturated heterocycles. The summed E-state index contributed by atoms with van der Waals surface area (Å²) in [7, 11) is 0. The molecule has 0 spiro atoms. The number of anilines is 1. The van der Waals surface area contributed by atoms with E-state index < -0.39 is 18.4 Å². The van der Waals surface area contributed by atoms with Crippen LogP contribution in [0.4, 0.5) is 19.0 Å². The Morgan fingerprint density at radius 2 is 1.73 bits per heavy atom. The van der Waals surface area contributed by atoms with Gasteiger partial charge in [0.1, 0.15) is 23.0 Å². The van der Waals surface area contributed by atoms with Crippen LogP contribution < -0.4 is 11.1 Å². The van der Waals surface area contributed by atoms with E-state index in [1.54, 1.807) is 48.7 Å². The molecule has 7 nitrogen and oxygen atoms in total. The molecule has 2 atom stereocenters. The molecule has 1 saturated carbocycles. The Balaban J connectivity index is 1.13. The molecule has 10 heteroatoms. The van der Waals surface area contributed by atoms with Gasteiger partial charge in [-0.25, -0.2) is 18.2 Å². The molecule has 45 heavy (non-hydrogen) atoms. The number of fused-ring (bicyclic) bond motifs is 1. The Bertz CT molecular complexity index is 1900. The number of benzene rings is 3. The van der Waals surface area contributed by atoms with Crippen molar-refractivity contribution in [2.24, 2.45) is 5.92 Å². The number of nitrogens with one attached hydrogen (secondary N) is 1. The van der Waals surface area contributed by atoms with Gasteiger partial charge in [-0.15, -0.1) is 0 Å². The fraction of sp³-hybridized carbons (Fsp3) is 0.229. The van der Waals surface area contributed by atoms with Gasteiger partial charge in [0.05, 0.1) is 13.1 Å². The number of alkyl halides is 2. The summed E-state index contributed by atoms with van der Waals surface area (Å²) in [6.07, 6.45) is 2.12. The summed E-state index contributed by atoms with van der Waals surface area (Å²) < 4.78 is 47.3. The van der Waals surface area contributed by atoms with Crippen molar-refractivity contribution in [3.05, 3.63) is 108 Å². The lowest BCUT2D eigenvalue weighted by molar-refractivity contribution is -0.122. The van der Waals surface area contributed by atoms with E-state index in [0.717, 1.165) is 39.6 Å². The highest BCUT2D eigenvalue weighted by Gasteiger charge is 2.44. The monoisotopic (exact) mass is 610 g/mol. The summed E-state index contributed by atoms with van der Waals surface area (Å²) in [6.45, 7) is -0.354. The molecule has 0 radical (unpaired) electrons. The molecule has 0 bridgehead atoms. The van der Waals surface area contributed by atoms with Crippen LogP contribution >= 0.6 is 0 Å². The molecular formula is C35H29F3N4O3. The van der Waals surface area contributed by atoms with E-state index in [0.29, 0.717) is 22.7 Å². The number of hydrogen-bond acceptors (Lipinski definition) is 5. The van der Waals surface area contributed by atoms with Gasteiger partial charge < -0.3 is 20.4 Å². The molecule has 2 aromatic heterocycles. The van der Waals surface area contributed by atoms with Gasteiger partial charge in [-0.05, 0) is 83.1 Å². The maximum Gasteiger partial charge on any atom is 0.267 e. The highest BCUT2D eigenvalue weighted by Crippen LogP contribution is 2.47. The first-order chi connectivity index (χ1) is 21.6. The summed E-state index contributed by atoms with van der Waals surface area (Å²) >= 11 is 0. The summed E-state index contributed by atoms with van der Waals surface area (Å²) in [6, 6.07) is 22.3. The molecule has 2 amide bonds. The van der Waals surface area contributed by atoms with Crippen molar-refractivity contribution in [3.8, 4) is 22.3 Å². The van der Waals surface area contributed by atoms with Crippen molar-refractivity contribution >= 4 is 28.6 Å². The van der Waals surface area contributed by atoms with Crippen LogP contribution in [0, 0.1) is 11.7 Å². The summed E-state index contributed by atoms with van der Waals surface area (Å²) in [5, 5.41) is 3.77. The predicted octanol–water partition coefficient (Wildman–Crippen LogP) is 6.78. The van der Waals surface area contributed by atoms with Gasteiger partial charge in [0, 0.05) is 41.6 Å². The Hall–Kier alpha value is -5.12. The molecular weight excluding hydrogens is 581 g/mol. The van der Waals surface area contributed by atoms with Crippen molar-refractivity contribution in [2.45, 2.75) is 31.2 Å². The third-order valence-electron chi connectivity index (χ3n) is 8.55. The first-order valence-electron chi connectivity index (χ1n) is 14.7. The van der Waals surface area contributed by atoms with Crippen LogP contribution in [0.15, 0.2) is 89.5 Å². The Labute approximate surface area is 256 Å². The second-order valence-corrected chi connectivity index (χ2v) is 11.8. The van der Waals surface area contributed by atoms with Crippen LogP contribution in [-0.2, 0) is 11.3 Å². The molecule has 3 heterocycles. The number of aromatic nitrogens is 1. The summed E-state index contributed by atoms with van der Waals surface area (Å²) in [5.74, 6) is -2.74. The third kappa shape index (κ3) is 5.87. The van der Waals surface area contributed by atoms with Gasteiger partial charge >= 0.3 is 0 Å². The zero-order chi connectivity index (χ0) is 31.3. The predicted molar refractivity (Wildman–Crippen MR) is 164 cm³/mol. The topological polar surface area (TPSA) is 101 Å². The number of rotatable bonds is 7. The zero-order valence-electron chi connectivity index (χ0n) is 24.1. The maximum atomic E-state index is 13.8. The molecule has 228 valence electrons. The smallest absolute Gasteiger partial charge is 0.267 e. The average molecular weight is 611 g/mol. The first-order valence-corrected chi connectivity index (χ1v) is 14.7. The lowest BCUT2D eigenvalue weighted by Gasteiger charge is -2.16. The summed E-state index contributed by atoms with van der Waals surface area (Å²) in [5.41, 5.74) is 10.7. The number of carbonyl (C=O) groups excluding carboxylic acids is 2. The maximum absolute atomic E-state index is 13.8.